The summed E-state index contributed by atoms with van der Waals surface area (Å²) in [7, 11) is 1.64. The number of methoxy groups -OCH3 is 1. The van der Waals surface area contributed by atoms with Gasteiger partial charge >= 0.3 is 5.97 Å². The average Bonchev–Trinajstić information content (AvgIpc) is 2.20. The maximum absolute atomic E-state index is 10.7. The van der Waals surface area contributed by atoms with Gasteiger partial charge in [0.15, 0.2) is 0 Å². The van der Waals surface area contributed by atoms with E-state index >= 15 is 0 Å². The summed E-state index contributed by atoms with van der Waals surface area (Å²) in [5.41, 5.74) is 0. The summed E-state index contributed by atoms with van der Waals surface area (Å²) in [6.45, 7) is 7.82. The molecule has 0 saturated carbocycles. The first-order valence-electron chi connectivity index (χ1n) is 5.92. The second-order valence-electron chi connectivity index (χ2n) is 4.68. The lowest BCUT2D eigenvalue weighted by Gasteiger charge is -2.27. The molecule has 0 aromatic heterocycles. The molecule has 0 spiro atoms. The molecule has 1 atom stereocenters. The van der Waals surface area contributed by atoms with Crippen LogP contribution in [-0.2, 0) is 9.53 Å². The van der Waals surface area contributed by atoms with Crippen molar-refractivity contribution in [2.45, 2.75) is 39.7 Å². The Morgan fingerprint density at radius 1 is 1.31 bits per heavy atom. The van der Waals surface area contributed by atoms with Gasteiger partial charge in [-0.15, -0.1) is 0 Å². The first kappa shape index (κ1) is 15.4. The molecule has 0 aliphatic heterocycles. The van der Waals surface area contributed by atoms with Crippen LogP contribution in [0.1, 0.15) is 33.6 Å². The fraction of sp³-hybridized carbons (Fsp3) is 0.917. The van der Waals surface area contributed by atoms with Gasteiger partial charge in [0.1, 0.15) is 0 Å². The Kier molecular flexibility index (Phi) is 8.21. The van der Waals surface area contributed by atoms with E-state index in [0.29, 0.717) is 25.1 Å². The molecule has 0 bridgehead atoms. The minimum absolute atomic E-state index is 0.0998. The Morgan fingerprint density at radius 2 is 1.94 bits per heavy atom. The molecule has 16 heavy (non-hydrogen) atoms. The largest absolute Gasteiger partial charge is 0.480 e. The van der Waals surface area contributed by atoms with Crippen molar-refractivity contribution in [2.24, 2.45) is 5.92 Å². The molecule has 4 nitrogen and oxygen atoms in total. The summed E-state index contributed by atoms with van der Waals surface area (Å²) in [5.74, 6) is -0.107. The number of carboxylic acids is 1. The number of carboxylic acid groups (broad SMARTS) is 1. The molecular formula is C12H25NO3. The van der Waals surface area contributed by atoms with Gasteiger partial charge in [0.05, 0.1) is 13.2 Å². The van der Waals surface area contributed by atoms with E-state index in [1.807, 2.05) is 4.90 Å². The normalized spacial score (nSPS) is 13.4. The van der Waals surface area contributed by atoms with E-state index in [1.54, 1.807) is 7.11 Å². The van der Waals surface area contributed by atoms with Crippen LogP contribution in [0.5, 0.6) is 0 Å². The Hall–Kier alpha value is -0.610. The predicted octanol–water partition coefficient (Wildman–Crippen LogP) is 1.84. The van der Waals surface area contributed by atoms with Gasteiger partial charge in [0.25, 0.3) is 0 Å². The highest BCUT2D eigenvalue weighted by molar-refractivity contribution is 5.69. The highest BCUT2D eigenvalue weighted by atomic mass is 16.5. The van der Waals surface area contributed by atoms with Crippen LogP contribution in [0.15, 0.2) is 0 Å². The van der Waals surface area contributed by atoms with Crippen LogP contribution in [0.4, 0.5) is 0 Å². The summed E-state index contributed by atoms with van der Waals surface area (Å²) in [4.78, 5) is 12.7. The topological polar surface area (TPSA) is 49.8 Å². The summed E-state index contributed by atoms with van der Waals surface area (Å²) in [6.07, 6.45) is 2.17. The number of carbonyl (C=O) groups is 1. The SMILES string of the molecule is COCCN(CC(=O)O)C(C)CCC(C)C. The van der Waals surface area contributed by atoms with Crippen molar-refractivity contribution in [1.82, 2.24) is 4.90 Å². The molecule has 0 aliphatic carbocycles. The van der Waals surface area contributed by atoms with Crippen LogP contribution in [-0.4, -0.2) is 48.8 Å². The smallest absolute Gasteiger partial charge is 0.317 e. The van der Waals surface area contributed by atoms with Crippen molar-refractivity contribution in [2.75, 3.05) is 26.8 Å². The van der Waals surface area contributed by atoms with Gasteiger partial charge in [-0.1, -0.05) is 13.8 Å². The highest BCUT2D eigenvalue weighted by Crippen LogP contribution is 2.11. The average molecular weight is 231 g/mol. The zero-order valence-electron chi connectivity index (χ0n) is 10.9. The monoisotopic (exact) mass is 231 g/mol. The fourth-order valence-electron chi connectivity index (χ4n) is 1.59. The summed E-state index contributed by atoms with van der Waals surface area (Å²) in [5, 5.41) is 8.83. The summed E-state index contributed by atoms with van der Waals surface area (Å²) < 4.78 is 5.00. The number of hydrogen-bond donors (Lipinski definition) is 1. The number of hydrogen-bond acceptors (Lipinski definition) is 3. The third kappa shape index (κ3) is 7.65. The number of aliphatic carboxylic acids is 1. The first-order valence-corrected chi connectivity index (χ1v) is 5.92. The molecule has 0 heterocycles. The van der Waals surface area contributed by atoms with Gasteiger partial charge in [-0.05, 0) is 25.7 Å². The van der Waals surface area contributed by atoms with Crippen molar-refractivity contribution < 1.29 is 14.6 Å². The number of nitrogens with zero attached hydrogens (tertiary/aromatic N) is 1. The van der Waals surface area contributed by atoms with Crippen molar-refractivity contribution in [3.05, 3.63) is 0 Å². The van der Waals surface area contributed by atoms with E-state index in [-0.39, 0.29) is 6.54 Å². The van der Waals surface area contributed by atoms with Crippen molar-refractivity contribution in [3.63, 3.8) is 0 Å². The Bertz CT molecular complexity index is 195. The van der Waals surface area contributed by atoms with Crippen LogP contribution in [0.3, 0.4) is 0 Å². The first-order chi connectivity index (χ1) is 7.47. The lowest BCUT2D eigenvalue weighted by Crippen LogP contribution is -2.39. The van der Waals surface area contributed by atoms with Gasteiger partial charge < -0.3 is 9.84 Å². The molecule has 0 rings (SSSR count). The molecule has 0 aromatic rings. The van der Waals surface area contributed by atoms with Crippen molar-refractivity contribution in [3.8, 4) is 0 Å². The zero-order chi connectivity index (χ0) is 12.6. The lowest BCUT2D eigenvalue weighted by molar-refractivity contribution is -0.139. The summed E-state index contributed by atoms with van der Waals surface area (Å²) >= 11 is 0. The molecule has 4 heteroatoms. The Balaban J connectivity index is 4.08. The van der Waals surface area contributed by atoms with E-state index in [1.165, 1.54) is 0 Å². The van der Waals surface area contributed by atoms with Crippen molar-refractivity contribution >= 4 is 5.97 Å². The molecule has 1 unspecified atom stereocenters. The second kappa shape index (κ2) is 8.53. The zero-order valence-corrected chi connectivity index (χ0v) is 10.9. The van der Waals surface area contributed by atoms with Gasteiger partial charge in [-0.3, -0.25) is 9.69 Å². The van der Waals surface area contributed by atoms with E-state index in [2.05, 4.69) is 20.8 Å². The van der Waals surface area contributed by atoms with Crippen LogP contribution >= 0.6 is 0 Å². The molecule has 0 aromatic carbocycles. The summed E-state index contributed by atoms with van der Waals surface area (Å²) in [6, 6.07) is 0.300. The molecule has 0 fully saturated rings. The quantitative estimate of drug-likeness (QED) is 0.658. The maximum Gasteiger partial charge on any atom is 0.317 e. The standard InChI is InChI=1S/C12H25NO3/c1-10(2)5-6-11(3)13(7-8-16-4)9-12(14)15/h10-11H,5-9H2,1-4H3,(H,14,15). The van der Waals surface area contributed by atoms with Crippen LogP contribution in [0.25, 0.3) is 0 Å². The van der Waals surface area contributed by atoms with E-state index in [4.69, 9.17) is 9.84 Å². The maximum atomic E-state index is 10.7. The highest BCUT2D eigenvalue weighted by Gasteiger charge is 2.16. The van der Waals surface area contributed by atoms with Crippen LogP contribution < -0.4 is 0 Å². The molecule has 0 aliphatic rings. The Morgan fingerprint density at radius 3 is 2.38 bits per heavy atom. The number of rotatable bonds is 9. The van der Waals surface area contributed by atoms with Crippen LogP contribution in [0.2, 0.25) is 0 Å². The van der Waals surface area contributed by atoms with E-state index in [9.17, 15) is 4.79 Å². The lowest BCUT2D eigenvalue weighted by atomic mass is 10.0. The van der Waals surface area contributed by atoms with Gasteiger partial charge in [0, 0.05) is 19.7 Å². The second-order valence-corrected chi connectivity index (χ2v) is 4.68. The minimum atomic E-state index is -0.771. The van der Waals surface area contributed by atoms with E-state index in [0.717, 1.165) is 12.8 Å². The molecule has 1 N–H and O–H groups in total. The molecular weight excluding hydrogens is 206 g/mol. The third-order valence-electron chi connectivity index (χ3n) is 2.71. The van der Waals surface area contributed by atoms with Gasteiger partial charge in [0.2, 0.25) is 0 Å². The predicted molar refractivity (Wildman–Crippen MR) is 64.6 cm³/mol. The minimum Gasteiger partial charge on any atom is -0.480 e. The van der Waals surface area contributed by atoms with Gasteiger partial charge in [-0.2, -0.15) is 0 Å². The molecule has 96 valence electrons. The van der Waals surface area contributed by atoms with Crippen LogP contribution in [0, 0.1) is 5.92 Å². The molecule has 0 saturated heterocycles. The number of ether oxygens (including phenoxy) is 1. The molecule has 0 radical (unpaired) electrons. The Labute approximate surface area is 98.6 Å². The molecule has 0 amide bonds. The van der Waals surface area contributed by atoms with E-state index < -0.39 is 5.97 Å². The van der Waals surface area contributed by atoms with Crippen molar-refractivity contribution in [1.29, 1.82) is 0 Å². The van der Waals surface area contributed by atoms with Gasteiger partial charge in [-0.25, -0.2) is 0 Å². The third-order valence-corrected chi connectivity index (χ3v) is 2.71. The fourth-order valence-corrected chi connectivity index (χ4v) is 1.59.